The third kappa shape index (κ3) is 6.18. The second-order valence-corrected chi connectivity index (χ2v) is 9.37. The van der Waals surface area contributed by atoms with Gasteiger partial charge in [-0.2, -0.15) is 0 Å². The van der Waals surface area contributed by atoms with Gasteiger partial charge in [0.15, 0.2) is 6.29 Å². The summed E-state index contributed by atoms with van der Waals surface area (Å²) in [5.74, 6) is 0.699. The van der Waals surface area contributed by atoms with Gasteiger partial charge in [0, 0.05) is 28.6 Å². The number of hydrogen-bond acceptors (Lipinski definition) is 6. The molecule has 0 radical (unpaired) electrons. The molecule has 0 saturated heterocycles. The van der Waals surface area contributed by atoms with Crippen LogP contribution in [0.3, 0.4) is 0 Å². The lowest BCUT2D eigenvalue weighted by Gasteiger charge is -2.24. The van der Waals surface area contributed by atoms with Crippen molar-refractivity contribution in [1.29, 1.82) is 0 Å². The molecule has 0 aliphatic rings. The van der Waals surface area contributed by atoms with Crippen LogP contribution in [-0.4, -0.2) is 30.0 Å². The number of unbranched alkanes of at least 4 members (excludes halogenated alkanes) is 1. The molecule has 3 rings (SSSR count). The van der Waals surface area contributed by atoms with Crippen LogP contribution in [0.2, 0.25) is 0 Å². The Hall–Kier alpha value is -3.87. The molecular formula is C28H33N3O4. The van der Waals surface area contributed by atoms with Gasteiger partial charge >= 0.3 is 0 Å². The quantitative estimate of drug-likeness (QED) is 0.183. The van der Waals surface area contributed by atoms with Crippen molar-refractivity contribution in [2.45, 2.75) is 46.0 Å². The molecule has 0 unspecified atom stereocenters. The highest BCUT2D eigenvalue weighted by atomic mass is 16.5. The summed E-state index contributed by atoms with van der Waals surface area (Å²) in [7, 11) is 1.62. The van der Waals surface area contributed by atoms with Crippen molar-refractivity contribution in [3.05, 3.63) is 69.1 Å². The topological polar surface area (TPSA) is 107 Å². The van der Waals surface area contributed by atoms with Gasteiger partial charge in [-0.15, -0.1) is 0 Å². The summed E-state index contributed by atoms with van der Waals surface area (Å²) in [4.78, 5) is 31.5. The number of aromatic nitrogens is 2. The molecule has 0 spiro atoms. The summed E-state index contributed by atoms with van der Waals surface area (Å²) in [6, 6.07) is 9.23. The predicted molar refractivity (Wildman–Crippen MR) is 141 cm³/mol. The van der Waals surface area contributed by atoms with Crippen LogP contribution in [0.25, 0.3) is 23.3 Å². The van der Waals surface area contributed by atoms with E-state index in [1.807, 2.05) is 24.3 Å². The lowest BCUT2D eigenvalue weighted by molar-refractivity contribution is 0.112. The van der Waals surface area contributed by atoms with Gasteiger partial charge in [-0.05, 0) is 47.2 Å². The molecule has 7 nitrogen and oxygen atoms in total. The average molecular weight is 476 g/mol. The predicted octanol–water partition coefficient (Wildman–Crippen LogP) is 5.49. The first-order chi connectivity index (χ1) is 16.7. The lowest BCUT2D eigenvalue weighted by Crippen LogP contribution is -2.16. The first-order valence-electron chi connectivity index (χ1n) is 11.7. The number of H-pyrrole nitrogens is 1. The van der Waals surface area contributed by atoms with Gasteiger partial charge in [-0.3, -0.25) is 14.6 Å². The van der Waals surface area contributed by atoms with Gasteiger partial charge in [0.2, 0.25) is 0 Å². The zero-order valence-corrected chi connectivity index (χ0v) is 21.0. The molecule has 1 heterocycles. The zero-order chi connectivity index (χ0) is 25.6. The number of methoxy groups -OCH3 is 1. The Morgan fingerprint density at radius 2 is 1.83 bits per heavy atom. The third-order valence-electron chi connectivity index (χ3n) is 5.63. The van der Waals surface area contributed by atoms with Crippen LogP contribution in [0.1, 0.15) is 67.6 Å². The summed E-state index contributed by atoms with van der Waals surface area (Å²) in [6.07, 6.45) is 7.90. The molecule has 0 amide bonds. The van der Waals surface area contributed by atoms with Gasteiger partial charge in [0.1, 0.15) is 5.75 Å². The second kappa shape index (κ2) is 11.0. The van der Waals surface area contributed by atoms with Crippen LogP contribution in [0.4, 0.5) is 5.69 Å². The van der Waals surface area contributed by atoms with Crippen LogP contribution >= 0.6 is 0 Å². The van der Waals surface area contributed by atoms with E-state index in [1.54, 1.807) is 25.3 Å². The minimum atomic E-state index is -0.284. The van der Waals surface area contributed by atoms with Gasteiger partial charge in [-0.1, -0.05) is 52.3 Å². The molecule has 3 N–H and O–H groups in total. The first kappa shape index (κ1) is 25.7. The SMILES string of the molecule is CCCCOc1ncc(-c2cc(/C=C/c3ccc(N)cc3C=O)c(OC)c(C(C)(C)C)c2)c(=O)[nH]1. The molecular weight excluding hydrogens is 442 g/mol. The monoisotopic (exact) mass is 475 g/mol. The van der Waals surface area contributed by atoms with E-state index in [0.717, 1.165) is 35.8 Å². The second-order valence-electron chi connectivity index (χ2n) is 9.37. The Kier molecular flexibility index (Phi) is 8.12. The number of aldehydes is 1. The Bertz CT molecular complexity index is 1290. The number of anilines is 1. The summed E-state index contributed by atoms with van der Waals surface area (Å²) < 4.78 is 11.3. The number of nitrogens with zero attached hydrogens (tertiary/aromatic N) is 1. The van der Waals surface area contributed by atoms with E-state index in [2.05, 4.69) is 37.7 Å². The van der Waals surface area contributed by atoms with Crippen molar-refractivity contribution in [2.75, 3.05) is 19.5 Å². The van der Waals surface area contributed by atoms with Crippen LogP contribution < -0.4 is 20.8 Å². The highest BCUT2D eigenvalue weighted by Crippen LogP contribution is 2.38. The van der Waals surface area contributed by atoms with E-state index in [4.69, 9.17) is 15.2 Å². The molecule has 2 aromatic carbocycles. The van der Waals surface area contributed by atoms with Crippen molar-refractivity contribution < 1.29 is 14.3 Å². The number of carbonyl (C=O) groups is 1. The molecule has 0 fully saturated rings. The Balaban J connectivity index is 2.12. The number of nitrogen functional groups attached to an aromatic ring is 1. The van der Waals surface area contributed by atoms with E-state index >= 15 is 0 Å². The Morgan fingerprint density at radius 1 is 1.09 bits per heavy atom. The maximum atomic E-state index is 12.9. The van der Waals surface area contributed by atoms with Crippen molar-refractivity contribution in [3.63, 3.8) is 0 Å². The molecule has 0 atom stereocenters. The normalized spacial score (nSPS) is 11.6. The average Bonchev–Trinajstić information content (AvgIpc) is 2.82. The zero-order valence-electron chi connectivity index (χ0n) is 21.0. The van der Waals surface area contributed by atoms with E-state index < -0.39 is 0 Å². The number of aromatic amines is 1. The van der Waals surface area contributed by atoms with Crippen molar-refractivity contribution in [3.8, 4) is 22.9 Å². The molecule has 0 aliphatic heterocycles. The van der Waals surface area contributed by atoms with E-state index in [0.29, 0.717) is 34.7 Å². The molecule has 35 heavy (non-hydrogen) atoms. The highest BCUT2D eigenvalue weighted by molar-refractivity contribution is 5.87. The van der Waals surface area contributed by atoms with Gasteiger partial charge < -0.3 is 15.2 Å². The maximum absolute atomic E-state index is 12.9. The van der Waals surface area contributed by atoms with Crippen molar-refractivity contribution in [2.24, 2.45) is 0 Å². The van der Waals surface area contributed by atoms with Crippen LogP contribution in [0, 0.1) is 0 Å². The fourth-order valence-electron chi connectivity index (χ4n) is 3.71. The van der Waals surface area contributed by atoms with Crippen LogP contribution in [0.15, 0.2) is 41.3 Å². The number of carbonyl (C=O) groups excluding carboxylic acids is 1. The minimum absolute atomic E-state index is 0.210. The van der Waals surface area contributed by atoms with Crippen LogP contribution in [0.5, 0.6) is 11.8 Å². The largest absolute Gasteiger partial charge is 0.496 e. The minimum Gasteiger partial charge on any atom is -0.496 e. The standard InChI is InChI=1S/C28H33N3O4/c1-6-7-12-35-27-30-16-23(26(33)31-27)20-13-19(25(34-5)24(15-20)28(2,3)4)9-8-18-10-11-22(29)14-21(18)17-32/h8-11,13-17H,6-7,12,29H2,1-5H3,(H,30,31,33)/b9-8+. The van der Waals surface area contributed by atoms with Crippen molar-refractivity contribution >= 4 is 24.1 Å². The highest BCUT2D eigenvalue weighted by Gasteiger charge is 2.23. The fraction of sp³-hybridized carbons (Fsp3) is 0.321. The summed E-state index contributed by atoms with van der Waals surface area (Å²) in [5, 5.41) is 0. The molecule has 0 bridgehead atoms. The molecule has 184 valence electrons. The molecule has 1 aromatic heterocycles. The number of hydrogen-bond donors (Lipinski definition) is 2. The molecule has 0 aliphatic carbocycles. The molecule has 3 aromatic rings. The van der Waals surface area contributed by atoms with E-state index in [1.165, 1.54) is 6.20 Å². The number of benzene rings is 2. The van der Waals surface area contributed by atoms with E-state index in [-0.39, 0.29) is 17.0 Å². The van der Waals surface area contributed by atoms with Gasteiger partial charge in [-0.25, -0.2) is 4.98 Å². The Morgan fingerprint density at radius 3 is 2.46 bits per heavy atom. The van der Waals surface area contributed by atoms with Crippen LogP contribution in [-0.2, 0) is 5.41 Å². The fourth-order valence-corrected chi connectivity index (χ4v) is 3.71. The molecule has 0 saturated carbocycles. The number of nitrogens with one attached hydrogen (secondary N) is 1. The van der Waals surface area contributed by atoms with Gasteiger partial charge in [0.05, 0.1) is 19.3 Å². The van der Waals surface area contributed by atoms with Crippen molar-refractivity contribution in [1.82, 2.24) is 9.97 Å². The van der Waals surface area contributed by atoms with E-state index in [9.17, 15) is 9.59 Å². The Labute approximate surface area is 206 Å². The summed E-state index contributed by atoms with van der Waals surface area (Å²) in [5.41, 5.74) is 9.85. The number of ether oxygens (including phenoxy) is 2. The number of nitrogens with two attached hydrogens (primary N) is 1. The summed E-state index contributed by atoms with van der Waals surface area (Å²) >= 11 is 0. The first-order valence-corrected chi connectivity index (χ1v) is 11.7. The lowest BCUT2D eigenvalue weighted by atomic mass is 9.83. The summed E-state index contributed by atoms with van der Waals surface area (Å²) in [6.45, 7) is 8.82. The maximum Gasteiger partial charge on any atom is 0.296 e. The molecule has 7 heteroatoms. The van der Waals surface area contributed by atoms with Gasteiger partial charge in [0.25, 0.3) is 11.6 Å². The number of rotatable bonds is 9. The smallest absolute Gasteiger partial charge is 0.296 e. The third-order valence-corrected chi connectivity index (χ3v) is 5.63.